The molecule has 1 aromatic carbocycles. The molecule has 0 aliphatic rings. The van der Waals surface area contributed by atoms with Crippen molar-refractivity contribution >= 4 is 15.9 Å². The molecule has 0 fully saturated rings. The summed E-state index contributed by atoms with van der Waals surface area (Å²) in [7, 11) is 1.86. The van der Waals surface area contributed by atoms with E-state index in [2.05, 4.69) is 26.2 Å². The summed E-state index contributed by atoms with van der Waals surface area (Å²) in [6.45, 7) is 2.35. The van der Waals surface area contributed by atoms with Gasteiger partial charge in [0.05, 0.1) is 0 Å². The molecule has 3 nitrogen and oxygen atoms in total. The quantitative estimate of drug-likeness (QED) is 0.899. The molecule has 0 spiro atoms. The van der Waals surface area contributed by atoms with Crippen molar-refractivity contribution in [1.82, 2.24) is 10.3 Å². The van der Waals surface area contributed by atoms with Gasteiger partial charge in [0.15, 0.2) is 0 Å². The number of ether oxygens (including phenoxy) is 1. The summed E-state index contributed by atoms with van der Waals surface area (Å²) < 4.78 is 20.0. The number of hydrogen-bond donors (Lipinski definition) is 1. The van der Waals surface area contributed by atoms with Crippen LogP contribution >= 0.6 is 15.9 Å². The SMILES string of the molecule is CNC(C)c1ccc(F)cc1OCc1cncc(Br)c1. The monoisotopic (exact) mass is 338 g/mol. The molecule has 5 heteroatoms. The van der Waals surface area contributed by atoms with E-state index in [1.54, 1.807) is 18.5 Å². The average molecular weight is 339 g/mol. The zero-order chi connectivity index (χ0) is 14.5. The average Bonchev–Trinajstić information content (AvgIpc) is 2.44. The molecule has 2 rings (SSSR count). The number of nitrogens with one attached hydrogen (secondary N) is 1. The summed E-state index contributed by atoms with van der Waals surface area (Å²) in [6, 6.07) is 6.61. The van der Waals surface area contributed by atoms with Gasteiger partial charge >= 0.3 is 0 Å². The maximum Gasteiger partial charge on any atom is 0.127 e. The Labute approximate surface area is 126 Å². The van der Waals surface area contributed by atoms with Gasteiger partial charge in [0.1, 0.15) is 18.2 Å². The number of hydrogen-bond acceptors (Lipinski definition) is 3. The van der Waals surface area contributed by atoms with Gasteiger partial charge < -0.3 is 10.1 Å². The Bertz CT molecular complexity index is 592. The lowest BCUT2D eigenvalue weighted by Gasteiger charge is -2.16. The molecule has 1 N–H and O–H groups in total. The lowest BCUT2D eigenvalue weighted by molar-refractivity contribution is 0.298. The summed E-state index contributed by atoms with van der Waals surface area (Å²) in [5.74, 6) is 0.242. The smallest absolute Gasteiger partial charge is 0.127 e. The fourth-order valence-electron chi connectivity index (χ4n) is 1.84. The highest BCUT2D eigenvalue weighted by Gasteiger charge is 2.11. The second-order valence-corrected chi connectivity index (χ2v) is 5.41. The fraction of sp³-hybridized carbons (Fsp3) is 0.267. The minimum Gasteiger partial charge on any atom is -0.488 e. The van der Waals surface area contributed by atoms with E-state index < -0.39 is 0 Å². The highest BCUT2D eigenvalue weighted by molar-refractivity contribution is 9.10. The van der Waals surface area contributed by atoms with Gasteiger partial charge in [-0.3, -0.25) is 4.98 Å². The normalized spacial score (nSPS) is 12.2. The van der Waals surface area contributed by atoms with Gasteiger partial charge in [0.2, 0.25) is 0 Å². The largest absolute Gasteiger partial charge is 0.488 e. The lowest BCUT2D eigenvalue weighted by atomic mass is 10.1. The molecule has 1 heterocycles. The van der Waals surface area contributed by atoms with Crippen molar-refractivity contribution < 1.29 is 9.13 Å². The molecule has 1 atom stereocenters. The second kappa shape index (κ2) is 6.81. The maximum atomic E-state index is 13.4. The standard InChI is InChI=1S/C15H16BrFN2O/c1-10(18-2)14-4-3-13(17)6-15(14)20-9-11-5-12(16)8-19-7-11/h3-8,10,18H,9H2,1-2H3. The predicted octanol–water partition coefficient (Wildman–Crippen LogP) is 3.84. The van der Waals surface area contributed by atoms with E-state index in [0.29, 0.717) is 12.4 Å². The van der Waals surface area contributed by atoms with Crippen molar-refractivity contribution in [3.63, 3.8) is 0 Å². The summed E-state index contributed by atoms with van der Waals surface area (Å²) in [5, 5.41) is 3.13. The van der Waals surface area contributed by atoms with Crippen molar-refractivity contribution in [2.24, 2.45) is 0 Å². The third-order valence-electron chi connectivity index (χ3n) is 3.03. The highest BCUT2D eigenvalue weighted by Crippen LogP contribution is 2.26. The molecule has 0 saturated heterocycles. The summed E-state index contributed by atoms with van der Waals surface area (Å²) in [4.78, 5) is 4.07. The molecule has 0 aliphatic heterocycles. The van der Waals surface area contributed by atoms with Gasteiger partial charge in [0, 0.05) is 40.1 Å². The maximum absolute atomic E-state index is 13.4. The Hall–Kier alpha value is -1.46. The first-order valence-electron chi connectivity index (χ1n) is 6.29. The van der Waals surface area contributed by atoms with E-state index in [4.69, 9.17) is 4.74 Å². The molecule has 0 bridgehead atoms. The third-order valence-corrected chi connectivity index (χ3v) is 3.46. The van der Waals surface area contributed by atoms with Crippen molar-refractivity contribution in [2.45, 2.75) is 19.6 Å². The van der Waals surface area contributed by atoms with Crippen LogP contribution in [-0.2, 0) is 6.61 Å². The molecule has 0 saturated carbocycles. The van der Waals surface area contributed by atoms with Crippen LogP contribution in [0.25, 0.3) is 0 Å². The number of aromatic nitrogens is 1. The molecule has 2 aromatic rings. The molecule has 1 aromatic heterocycles. The number of pyridine rings is 1. The van der Waals surface area contributed by atoms with Crippen LogP contribution in [-0.4, -0.2) is 12.0 Å². The van der Waals surface area contributed by atoms with Gasteiger partial charge in [-0.15, -0.1) is 0 Å². The molecular weight excluding hydrogens is 323 g/mol. The van der Waals surface area contributed by atoms with Crippen LogP contribution in [0.5, 0.6) is 5.75 Å². The molecular formula is C15H16BrFN2O. The van der Waals surface area contributed by atoms with Crippen molar-refractivity contribution in [1.29, 1.82) is 0 Å². The van der Waals surface area contributed by atoms with E-state index in [-0.39, 0.29) is 11.9 Å². The van der Waals surface area contributed by atoms with Crippen LogP contribution in [0.15, 0.2) is 41.1 Å². The minimum absolute atomic E-state index is 0.0891. The Morgan fingerprint density at radius 3 is 2.85 bits per heavy atom. The van der Waals surface area contributed by atoms with E-state index in [1.807, 2.05) is 20.0 Å². The minimum atomic E-state index is -0.306. The molecule has 1 unspecified atom stereocenters. The van der Waals surface area contributed by atoms with Crippen LogP contribution in [0, 0.1) is 5.82 Å². The second-order valence-electron chi connectivity index (χ2n) is 4.49. The lowest BCUT2D eigenvalue weighted by Crippen LogP contribution is -2.14. The third kappa shape index (κ3) is 3.77. The van der Waals surface area contributed by atoms with E-state index in [1.165, 1.54) is 12.1 Å². The van der Waals surface area contributed by atoms with Crippen molar-refractivity contribution in [3.05, 3.63) is 58.1 Å². The van der Waals surface area contributed by atoms with E-state index in [0.717, 1.165) is 15.6 Å². The first-order chi connectivity index (χ1) is 9.60. The first-order valence-corrected chi connectivity index (χ1v) is 7.08. The number of halogens is 2. The van der Waals surface area contributed by atoms with Gasteiger partial charge in [-0.1, -0.05) is 6.07 Å². The van der Waals surface area contributed by atoms with Crippen LogP contribution in [0.1, 0.15) is 24.1 Å². The van der Waals surface area contributed by atoms with E-state index in [9.17, 15) is 4.39 Å². The summed E-state index contributed by atoms with van der Waals surface area (Å²) in [6.07, 6.45) is 3.44. The van der Waals surface area contributed by atoms with Crippen LogP contribution in [0.2, 0.25) is 0 Å². The van der Waals surface area contributed by atoms with E-state index >= 15 is 0 Å². The zero-order valence-electron chi connectivity index (χ0n) is 11.4. The van der Waals surface area contributed by atoms with Gasteiger partial charge in [0.25, 0.3) is 0 Å². The van der Waals surface area contributed by atoms with Crippen molar-refractivity contribution in [2.75, 3.05) is 7.05 Å². The number of rotatable bonds is 5. The highest BCUT2D eigenvalue weighted by atomic mass is 79.9. The fourth-order valence-corrected chi connectivity index (χ4v) is 2.25. The van der Waals surface area contributed by atoms with Gasteiger partial charge in [-0.2, -0.15) is 0 Å². The Morgan fingerprint density at radius 2 is 2.15 bits per heavy atom. The van der Waals surface area contributed by atoms with Crippen molar-refractivity contribution in [3.8, 4) is 5.75 Å². The predicted molar refractivity (Wildman–Crippen MR) is 80.1 cm³/mol. The van der Waals surface area contributed by atoms with Crippen LogP contribution in [0.3, 0.4) is 0 Å². The Kier molecular flexibility index (Phi) is 5.09. The summed E-state index contributed by atoms with van der Waals surface area (Å²) >= 11 is 3.36. The molecule has 106 valence electrons. The summed E-state index contributed by atoms with van der Waals surface area (Å²) in [5.41, 5.74) is 1.85. The van der Waals surface area contributed by atoms with Crippen LogP contribution in [0.4, 0.5) is 4.39 Å². The molecule has 0 aliphatic carbocycles. The molecule has 0 radical (unpaired) electrons. The number of nitrogens with zero attached hydrogens (tertiary/aromatic N) is 1. The van der Waals surface area contributed by atoms with Gasteiger partial charge in [-0.25, -0.2) is 4.39 Å². The van der Waals surface area contributed by atoms with Crippen LogP contribution < -0.4 is 10.1 Å². The van der Waals surface area contributed by atoms with Gasteiger partial charge in [-0.05, 0) is 42.0 Å². The Morgan fingerprint density at radius 1 is 1.35 bits per heavy atom. The molecule has 20 heavy (non-hydrogen) atoms. The first kappa shape index (κ1) is 14.9. The Balaban J connectivity index is 2.18. The zero-order valence-corrected chi connectivity index (χ0v) is 12.9. The topological polar surface area (TPSA) is 34.1 Å². The molecule has 0 amide bonds. The number of benzene rings is 1.